The van der Waals surface area contributed by atoms with Crippen LogP contribution in [0.1, 0.15) is 9.67 Å². The fraction of sp³-hybridized carbons (Fsp3) is 0.556. The number of aromatic nitrogens is 1. The maximum atomic E-state index is 11.7. The first-order chi connectivity index (χ1) is 7.10. The van der Waals surface area contributed by atoms with E-state index >= 15 is 0 Å². The number of hydrogen-bond acceptors (Lipinski definition) is 6. The molecule has 1 heterocycles. The van der Waals surface area contributed by atoms with Gasteiger partial charge in [-0.2, -0.15) is 4.98 Å². The van der Waals surface area contributed by atoms with Crippen molar-refractivity contribution in [1.82, 2.24) is 10.3 Å². The van der Waals surface area contributed by atoms with Gasteiger partial charge in [0.05, 0.1) is 13.7 Å². The lowest BCUT2D eigenvalue weighted by Crippen LogP contribution is -2.18. The Hall–Kier alpha value is -1.14. The van der Waals surface area contributed by atoms with E-state index in [4.69, 9.17) is 4.74 Å². The summed E-state index contributed by atoms with van der Waals surface area (Å²) in [5.74, 6) is 0.406. The Morgan fingerprint density at radius 3 is 2.73 bits per heavy atom. The van der Waals surface area contributed by atoms with Gasteiger partial charge in [-0.25, -0.2) is 0 Å². The largest absolute Gasteiger partial charge is 0.480 e. The van der Waals surface area contributed by atoms with E-state index in [-0.39, 0.29) is 5.78 Å². The molecule has 0 aliphatic heterocycles. The number of hydrogen-bond donors (Lipinski definition) is 1. The molecule has 0 aliphatic carbocycles. The predicted molar refractivity (Wildman–Crippen MR) is 61.3 cm³/mol. The van der Waals surface area contributed by atoms with E-state index in [1.165, 1.54) is 18.4 Å². The zero-order valence-electron chi connectivity index (χ0n) is 9.33. The number of ketones is 1. The number of thiazole rings is 1. The molecule has 0 unspecified atom stereocenters. The van der Waals surface area contributed by atoms with Crippen molar-refractivity contribution in [3.63, 3.8) is 0 Å². The Labute approximate surface area is 93.1 Å². The molecule has 0 spiro atoms. The van der Waals surface area contributed by atoms with Gasteiger partial charge in [0.1, 0.15) is 4.88 Å². The van der Waals surface area contributed by atoms with Crippen LogP contribution in [0.25, 0.3) is 0 Å². The quantitative estimate of drug-likeness (QED) is 0.750. The molecule has 0 bridgehead atoms. The highest BCUT2D eigenvalue weighted by Gasteiger charge is 2.18. The summed E-state index contributed by atoms with van der Waals surface area (Å²) >= 11 is 1.34. The Bertz CT molecular complexity index is 349. The molecule has 1 N–H and O–H groups in total. The van der Waals surface area contributed by atoms with Gasteiger partial charge in [-0.15, -0.1) is 0 Å². The molecule has 0 aromatic carbocycles. The molecule has 1 rings (SSSR count). The van der Waals surface area contributed by atoms with Gasteiger partial charge in [-0.1, -0.05) is 11.3 Å². The van der Waals surface area contributed by atoms with Crippen LogP contribution >= 0.6 is 11.3 Å². The van der Waals surface area contributed by atoms with E-state index in [0.717, 1.165) is 5.13 Å². The van der Waals surface area contributed by atoms with Crippen LogP contribution in [0.5, 0.6) is 5.88 Å². The van der Waals surface area contributed by atoms with Gasteiger partial charge in [-0.3, -0.25) is 4.79 Å². The van der Waals surface area contributed by atoms with Crippen molar-refractivity contribution >= 4 is 22.3 Å². The van der Waals surface area contributed by atoms with Gasteiger partial charge in [0.15, 0.2) is 10.9 Å². The zero-order valence-corrected chi connectivity index (χ0v) is 10.1. The maximum absolute atomic E-state index is 11.7. The van der Waals surface area contributed by atoms with E-state index in [1.807, 2.05) is 19.0 Å². The minimum atomic E-state index is -0.0000463. The molecule has 0 amide bonds. The summed E-state index contributed by atoms with van der Waals surface area (Å²) in [5, 5.41) is 3.59. The molecule has 5 nitrogen and oxygen atoms in total. The number of nitrogens with one attached hydrogen (secondary N) is 1. The molecule has 15 heavy (non-hydrogen) atoms. The topological polar surface area (TPSA) is 54.5 Å². The third-order valence-corrected chi connectivity index (χ3v) is 3.00. The van der Waals surface area contributed by atoms with Crippen molar-refractivity contribution in [3.05, 3.63) is 4.88 Å². The van der Waals surface area contributed by atoms with E-state index in [9.17, 15) is 4.79 Å². The van der Waals surface area contributed by atoms with Gasteiger partial charge in [-0.05, 0) is 7.05 Å². The highest BCUT2D eigenvalue weighted by atomic mass is 32.1. The first kappa shape index (κ1) is 11.9. The summed E-state index contributed by atoms with van der Waals surface area (Å²) in [4.78, 5) is 18.3. The van der Waals surface area contributed by atoms with Crippen molar-refractivity contribution in [2.75, 3.05) is 39.7 Å². The van der Waals surface area contributed by atoms with Gasteiger partial charge < -0.3 is 15.0 Å². The number of ether oxygens (including phenoxy) is 1. The Morgan fingerprint density at radius 1 is 1.60 bits per heavy atom. The van der Waals surface area contributed by atoms with Crippen LogP contribution in [0.15, 0.2) is 0 Å². The third kappa shape index (κ3) is 2.66. The summed E-state index contributed by atoms with van der Waals surface area (Å²) < 4.78 is 5.07. The van der Waals surface area contributed by atoms with Crippen LogP contribution in [0.2, 0.25) is 0 Å². The molecule has 1 aromatic rings. The van der Waals surface area contributed by atoms with Crippen LogP contribution in [0.4, 0.5) is 5.13 Å². The molecule has 0 saturated heterocycles. The molecular formula is C9H15N3O2S. The second kappa shape index (κ2) is 5.09. The van der Waals surface area contributed by atoms with Crippen molar-refractivity contribution in [2.24, 2.45) is 0 Å². The Morgan fingerprint density at radius 2 is 2.27 bits per heavy atom. The highest BCUT2D eigenvalue weighted by Crippen LogP contribution is 2.30. The molecule has 0 radical (unpaired) electrons. The first-order valence-corrected chi connectivity index (χ1v) is 5.31. The van der Waals surface area contributed by atoms with Gasteiger partial charge in [0.2, 0.25) is 5.88 Å². The molecular weight excluding hydrogens is 214 g/mol. The summed E-state index contributed by atoms with van der Waals surface area (Å²) in [6.07, 6.45) is 0. The lowest BCUT2D eigenvalue weighted by atomic mass is 10.3. The van der Waals surface area contributed by atoms with Crippen molar-refractivity contribution in [3.8, 4) is 5.88 Å². The number of nitrogens with zero attached hydrogens (tertiary/aromatic N) is 2. The number of likely N-dealkylation sites (N-methyl/N-ethyl adjacent to an activating group) is 1. The third-order valence-electron chi connectivity index (χ3n) is 1.75. The van der Waals surface area contributed by atoms with Gasteiger partial charge in [0.25, 0.3) is 0 Å². The normalized spacial score (nSPS) is 10.1. The van der Waals surface area contributed by atoms with Crippen molar-refractivity contribution in [1.29, 1.82) is 0 Å². The lowest BCUT2D eigenvalue weighted by Gasteiger charge is -2.04. The van der Waals surface area contributed by atoms with Crippen LogP contribution in [0.3, 0.4) is 0 Å². The van der Waals surface area contributed by atoms with E-state index in [0.29, 0.717) is 17.3 Å². The number of rotatable bonds is 5. The second-order valence-corrected chi connectivity index (χ2v) is 4.16. The van der Waals surface area contributed by atoms with Gasteiger partial charge in [0, 0.05) is 14.1 Å². The minimum Gasteiger partial charge on any atom is -0.480 e. The highest BCUT2D eigenvalue weighted by molar-refractivity contribution is 7.17. The minimum absolute atomic E-state index is 0.0000463. The number of methoxy groups -OCH3 is 1. The molecule has 0 fully saturated rings. The molecule has 0 saturated carbocycles. The van der Waals surface area contributed by atoms with Crippen LogP contribution in [0, 0.1) is 0 Å². The average Bonchev–Trinajstić information content (AvgIpc) is 2.61. The fourth-order valence-electron chi connectivity index (χ4n) is 1.04. The Balaban J connectivity index is 3.00. The van der Waals surface area contributed by atoms with Gasteiger partial charge >= 0.3 is 0 Å². The van der Waals surface area contributed by atoms with E-state index in [2.05, 4.69) is 10.3 Å². The predicted octanol–water partition coefficient (Wildman–Crippen LogP) is 0.620. The van der Waals surface area contributed by atoms with E-state index in [1.54, 1.807) is 7.05 Å². The van der Waals surface area contributed by atoms with Crippen molar-refractivity contribution in [2.45, 2.75) is 0 Å². The SMILES string of the molecule is CNCC(=O)c1sc(N(C)C)nc1OC. The molecule has 6 heteroatoms. The smallest absolute Gasteiger partial charge is 0.237 e. The van der Waals surface area contributed by atoms with Crippen LogP contribution in [-0.2, 0) is 0 Å². The number of anilines is 1. The lowest BCUT2D eigenvalue weighted by molar-refractivity contribution is 0.0994. The number of carbonyl (C=O) groups excluding carboxylic acids is 1. The summed E-state index contributed by atoms with van der Waals surface area (Å²) in [6, 6.07) is 0. The summed E-state index contributed by atoms with van der Waals surface area (Å²) in [7, 11) is 7.01. The number of carbonyl (C=O) groups is 1. The maximum Gasteiger partial charge on any atom is 0.237 e. The van der Waals surface area contributed by atoms with Crippen LogP contribution in [-0.4, -0.2) is 45.6 Å². The number of Topliss-reactive ketones (excluding diaryl/α,β-unsaturated/α-hetero) is 1. The molecule has 1 aromatic heterocycles. The molecule has 84 valence electrons. The van der Waals surface area contributed by atoms with E-state index < -0.39 is 0 Å². The second-order valence-electron chi connectivity index (χ2n) is 3.18. The summed E-state index contributed by atoms with van der Waals surface area (Å²) in [5.41, 5.74) is 0. The molecule has 0 aliphatic rings. The monoisotopic (exact) mass is 229 g/mol. The Kier molecular flexibility index (Phi) is 4.05. The average molecular weight is 229 g/mol. The first-order valence-electron chi connectivity index (χ1n) is 4.50. The summed E-state index contributed by atoms with van der Waals surface area (Å²) in [6.45, 7) is 0.297. The zero-order chi connectivity index (χ0) is 11.4. The van der Waals surface area contributed by atoms with Crippen molar-refractivity contribution < 1.29 is 9.53 Å². The fourth-order valence-corrected chi connectivity index (χ4v) is 1.94. The molecule has 0 atom stereocenters. The van der Waals surface area contributed by atoms with Crippen LogP contribution < -0.4 is 15.0 Å². The standard InChI is InChI=1S/C9H15N3O2S/c1-10-5-6(13)7-8(14-4)11-9(15-7)12(2)3/h10H,5H2,1-4H3.